The van der Waals surface area contributed by atoms with Crippen molar-refractivity contribution in [2.75, 3.05) is 12.3 Å². The van der Waals surface area contributed by atoms with Crippen LogP contribution in [0.25, 0.3) is 0 Å². The molecule has 0 saturated carbocycles. The van der Waals surface area contributed by atoms with E-state index in [1.165, 1.54) is 12.0 Å². The maximum atomic E-state index is 5.80. The summed E-state index contributed by atoms with van der Waals surface area (Å²) in [6.45, 7) is 5.71. The molecule has 1 aromatic rings. The third kappa shape index (κ3) is 3.04. The summed E-state index contributed by atoms with van der Waals surface area (Å²) in [4.78, 5) is 0. The Morgan fingerprint density at radius 1 is 1.36 bits per heavy atom. The Hall–Kier alpha value is -1.02. The normalized spacial score (nSPS) is 10.4. The van der Waals surface area contributed by atoms with Crippen molar-refractivity contribution in [2.45, 2.75) is 33.3 Å². The first-order chi connectivity index (χ1) is 6.75. The number of nitrogens with two attached hydrogens (primary N) is 1. The van der Waals surface area contributed by atoms with E-state index in [1.807, 2.05) is 19.1 Å². The molecule has 14 heavy (non-hydrogen) atoms. The van der Waals surface area contributed by atoms with Crippen molar-refractivity contribution in [2.24, 2.45) is 0 Å². The van der Waals surface area contributed by atoms with Crippen LogP contribution in [0, 0.1) is 6.92 Å². The highest BCUT2D eigenvalue weighted by molar-refractivity contribution is 5.49. The van der Waals surface area contributed by atoms with Gasteiger partial charge in [0.05, 0.1) is 6.61 Å². The number of rotatable bonds is 5. The number of anilines is 1. The molecule has 0 atom stereocenters. The summed E-state index contributed by atoms with van der Waals surface area (Å²) in [5, 5.41) is 0. The van der Waals surface area contributed by atoms with Gasteiger partial charge in [-0.15, -0.1) is 0 Å². The first kappa shape index (κ1) is 11.1. The summed E-state index contributed by atoms with van der Waals surface area (Å²) >= 11 is 0. The van der Waals surface area contributed by atoms with Gasteiger partial charge in [0.15, 0.2) is 0 Å². The highest BCUT2D eigenvalue weighted by Crippen LogP contribution is 2.16. The van der Waals surface area contributed by atoms with E-state index in [9.17, 15) is 0 Å². The van der Waals surface area contributed by atoms with Gasteiger partial charge in [-0.2, -0.15) is 0 Å². The molecule has 0 aliphatic heterocycles. The summed E-state index contributed by atoms with van der Waals surface area (Å²) in [6, 6.07) is 5.96. The highest BCUT2D eigenvalue weighted by atomic mass is 16.5. The predicted molar refractivity (Wildman–Crippen MR) is 60.2 cm³/mol. The number of unbranched alkanes of at least 4 members (excludes halogenated alkanes) is 1. The fourth-order valence-corrected chi connectivity index (χ4v) is 1.29. The Morgan fingerprint density at radius 2 is 2.14 bits per heavy atom. The molecule has 0 bridgehead atoms. The van der Waals surface area contributed by atoms with Gasteiger partial charge in [0.2, 0.25) is 0 Å². The van der Waals surface area contributed by atoms with E-state index in [1.54, 1.807) is 0 Å². The predicted octanol–water partition coefficient (Wildman–Crippen LogP) is 2.89. The molecule has 0 unspecified atom stereocenters. The molecule has 2 heteroatoms. The number of benzene rings is 1. The number of nitrogen functional groups attached to an aromatic ring is 1. The van der Waals surface area contributed by atoms with Gasteiger partial charge in [-0.05, 0) is 30.5 Å². The highest BCUT2D eigenvalue weighted by Gasteiger charge is 2.00. The minimum Gasteiger partial charge on any atom is -0.399 e. The summed E-state index contributed by atoms with van der Waals surface area (Å²) < 4.78 is 5.54. The van der Waals surface area contributed by atoms with Crippen LogP contribution in [0.5, 0.6) is 0 Å². The molecule has 2 nitrogen and oxygen atoms in total. The first-order valence-corrected chi connectivity index (χ1v) is 5.17. The maximum Gasteiger partial charge on any atom is 0.0720 e. The van der Waals surface area contributed by atoms with Crippen LogP contribution in [-0.2, 0) is 11.3 Å². The van der Waals surface area contributed by atoms with Gasteiger partial charge >= 0.3 is 0 Å². The van der Waals surface area contributed by atoms with Gasteiger partial charge in [-0.1, -0.05) is 25.5 Å². The lowest BCUT2D eigenvalue weighted by molar-refractivity contribution is 0.118. The molecular weight excluding hydrogens is 174 g/mol. The second-order valence-electron chi connectivity index (χ2n) is 3.54. The molecule has 0 aromatic heterocycles. The molecule has 0 amide bonds. The SMILES string of the molecule is CCCCOCc1cccc(N)c1C. The van der Waals surface area contributed by atoms with Crippen LogP contribution in [0.2, 0.25) is 0 Å². The standard InChI is InChI=1S/C12H19NO/c1-3-4-8-14-9-11-6-5-7-12(13)10(11)2/h5-7H,3-4,8-9,13H2,1-2H3. The van der Waals surface area contributed by atoms with Crippen LogP contribution in [-0.4, -0.2) is 6.61 Å². The number of hydrogen-bond acceptors (Lipinski definition) is 2. The van der Waals surface area contributed by atoms with Crippen molar-refractivity contribution in [1.29, 1.82) is 0 Å². The van der Waals surface area contributed by atoms with Gasteiger partial charge < -0.3 is 10.5 Å². The van der Waals surface area contributed by atoms with Gasteiger partial charge in [-0.25, -0.2) is 0 Å². The monoisotopic (exact) mass is 193 g/mol. The Labute approximate surface area is 86.1 Å². The average Bonchev–Trinajstić information content (AvgIpc) is 2.19. The van der Waals surface area contributed by atoms with Gasteiger partial charge in [0.25, 0.3) is 0 Å². The van der Waals surface area contributed by atoms with Crippen LogP contribution in [0.15, 0.2) is 18.2 Å². The Morgan fingerprint density at radius 3 is 2.86 bits per heavy atom. The second-order valence-corrected chi connectivity index (χ2v) is 3.54. The molecule has 0 fully saturated rings. The van der Waals surface area contributed by atoms with Crippen molar-refractivity contribution < 1.29 is 4.74 Å². The third-order valence-corrected chi connectivity index (χ3v) is 2.39. The van der Waals surface area contributed by atoms with Crippen LogP contribution in [0.1, 0.15) is 30.9 Å². The molecule has 0 saturated heterocycles. The quantitative estimate of drug-likeness (QED) is 0.576. The first-order valence-electron chi connectivity index (χ1n) is 5.17. The molecule has 2 N–H and O–H groups in total. The van der Waals surface area contributed by atoms with E-state index in [0.717, 1.165) is 24.3 Å². The number of hydrogen-bond donors (Lipinski definition) is 1. The molecule has 78 valence electrons. The van der Waals surface area contributed by atoms with Crippen molar-refractivity contribution >= 4 is 5.69 Å². The molecular formula is C12H19NO. The van der Waals surface area contributed by atoms with Gasteiger partial charge in [-0.3, -0.25) is 0 Å². The van der Waals surface area contributed by atoms with Crippen LogP contribution in [0.3, 0.4) is 0 Å². The van der Waals surface area contributed by atoms with E-state index >= 15 is 0 Å². The van der Waals surface area contributed by atoms with Crippen molar-refractivity contribution in [3.8, 4) is 0 Å². The summed E-state index contributed by atoms with van der Waals surface area (Å²) in [6.07, 6.45) is 2.30. The lowest BCUT2D eigenvalue weighted by atomic mass is 10.1. The Kier molecular flexibility index (Phi) is 4.47. The third-order valence-electron chi connectivity index (χ3n) is 2.39. The summed E-state index contributed by atoms with van der Waals surface area (Å²) in [5.41, 5.74) is 8.98. The lowest BCUT2D eigenvalue weighted by Gasteiger charge is -2.08. The molecule has 1 aromatic carbocycles. The van der Waals surface area contributed by atoms with E-state index in [2.05, 4.69) is 13.0 Å². The van der Waals surface area contributed by atoms with E-state index in [-0.39, 0.29) is 0 Å². The Balaban J connectivity index is 2.46. The fourth-order valence-electron chi connectivity index (χ4n) is 1.29. The minimum atomic E-state index is 0.677. The van der Waals surface area contributed by atoms with Crippen molar-refractivity contribution in [3.05, 3.63) is 29.3 Å². The number of ether oxygens (including phenoxy) is 1. The smallest absolute Gasteiger partial charge is 0.0720 e. The average molecular weight is 193 g/mol. The minimum absolute atomic E-state index is 0.677. The zero-order valence-corrected chi connectivity index (χ0v) is 9.05. The van der Waals surface area contributed by atoms with Crippen LogP contribution >= 0.6 is 0 Å². The molecule has 0 spiro atoms. The van der Waals surface area contributed by atoms with E-state index in [4.69, 9.17) is 10.5 Å². The van der Waals surface area contributed by atoms with Gasteiger partial charge in [0.1, 0.15) is 0 Å². The fraction of sp³-hybridized carbons (Fsp3) is 0.500. The largest absolute Gasteiger partial charge is 0.399 e. The van der Waals surface area contributed by atoms with E-state index < -0.39 is 0 Å². The molecule has 0 aliphatic carbocycles. The second kappa shape index (κ2) is 5.66. The molecule has 0 heterocycles. The van der Waals surface area contributed by atoms with Crippen molar-refractivity contribution in [3.63, 3.8) is 0 Å². The van der Waals surface area contributed by atoms with Crippen LogP contribution < -0.4 is 5.73 Å². The molecule has 1 rings (SSSR count). The van der Waals surface area contributed by atoms with E-state index in [0.29, 0.717) is 6.61 Å². The molecule has 0 aliphatic rings. The maximum absolute atomic E-state index is 5.80. The van der Waals surface area contributed by atoms with Crippen molar-refractivity contribution in [1.82, 2.24) is 0 Å². The van der Waals surface area contributed by atoms with Gasteiger partial charge in [0, 0.05) is 12.3 Å². The molecule has 0 radical (unpaired) electrons. The van der Waals surface area contributed by atoms with Crippen LogP contribution in [0.4, 0.5) is 5.69 Å². The Bertz CT molecular complexity index is 284. The zero-order valence-electron chi connectivity index (χ0n) is 9.05. The summed E-state index contributed by atoms with van der Waals surface area (Å²) in [7, 11) is 0. The zero-order chi connectivity index (χ0) is 10.4. The lowest BCUT2D eigenvalue weighted by Crippen LogP contribution is -1.99. The summed E-state index contributed by atoms with van der Waals surface area (Å²) in [5.74, 6) is 0. The topological polar surface area (TPSA) is 35.2 Å².